The summed E-state index contributed by atoms with van der Waals surface area (Å²) in [5, 5.41) is 4.22. The first kappa shape index (κ1) is 18.9. The lowest BCUT2D eigenvalue weighted by molar-refractivity contribution is -0.148. The summed E-state index contributed by atoms with van der Waals surface area (Å²) in [4.78, 5) is 29.0. The maximum Gasteiger partial charge on any atom is 0.226 e. The molecule has 1 saturated heterocycles. The van der Waals surface area contributed by atoms with Gasteiger partial charge in [0, 0.05) is 45.2 Å². The van der Waals surface area contributed by atoms with Crippen LogP contribution < -0.4 is 0 Å². The van der Waals surface area contributed by atoms with E-state index in [0.29, 0.717) is 37.9 Å². The van der Waals surface area contributed by atoms with E-state index < -0.39 is 0 Å². The van der Waals surface area contributed by atoms with Crippen molar-refractivity contribution >= 4 is 11.8 Å². The Morgan fingerprint density at radius 1 is 1.31 bits per heavy atom. The molecule has 6 heteroatoms. The van der Waals surface area contributed by atoms with Crippen LogP contribution in [-0.4, -0.2) is 57.6 Å². The second kappa shape index (κ2) is 7.80. The highest BCUT2D eigenvalue weighted by atomic mass is 16.2. The SMILES string of the molecule is Cc1cnn(CCC(=O)N2CC(N(C)C(=O)[C@@H]3CCC[C@H]3C(C)C)C2)c1. The average molecular weight is 361 g/mol. The fourth-order valence-corrected chi connectivity index (χ4v) is 4.40. The molecule has 0 unspecified atom stereocenters. The maximum atomic E-state index is 12.9. The van der Waals surface area contributed by atoms with Crippen molar-refractivity contribution in [3.63, 3.8) is 0 Å². The maximum absolute atomic E-state index is 12.9. The molecular formula is C20H32N4O2. The second-order valence-corrected chi connectivity index (χ2v) is 8.38. The van der Waals surface area contributed by atoms with E-state index in [-0.39, 0.29) is 23.8 Å². The van der Waals surface area contributed by atoms with Crippen molar-refractivity contribution in [3.05, 3.63) is 18.0 Å². The van der Waals surface area contributed by atoms with E-state index in [1.54, 1.807) is 6.20 Å². The van der Waals surface area contributed by atoms with E-state index in [2.05, 4.69) is 18.9 Å². The number of hydrogen-bond donors (Lipinski definition) is 0. The number of amides is 2. The molecule has 6 nitrogen and oxygen atoms in total. The van der Waals surface area contributed by atoms with Crippen LogP contribution in [0.2, 0.25) is 0 Å². The van der Waals surface area contributed by atoms with Crippen LogP contribution in [0.1, 0.15) is 45.1 Å². The molecule has 1 saturated carbocycles. The Morgan fingerprint density at radius 3 is 2.65 bits per heavy atom. The second-order valence-electron chi connectivity index (χ2n) is 8.38. The van der Waals surface area contributed by atoms with Crippen molar-refractivity contribution in [2.45, 2.75) is 59.0 Å². The van der Waals surface area contributed by atoms with Gasteiger partial charge in [0.15, 0.2) is 0 Å². The van der Waals surface area contributed by atoms with Crippen LogP contribution in [0.4, 0.5) is 0 Å². The lowest BCUT2D eigenvalue weighted by Gasteiger charge is -2.45. The third kappa shape index (κ3) is 3.94. The van der Waals surface area contributed by atoms with Gasteiger partial charge in [0.2, 0.25) is 11.8 Å². The molecule has 144 valence electrons. The van der Waals surface area contributed by atoms with Gasteiger partial charge in [-0.1, -0.05) is 20.3 Å². The molecule has 0 spiro atoms. The van der Waals surface area contributed by atoms with Gasteiger partial charge in [-0.3, -0.25) is 14.3 Å². The van der Waals surface area contributed by atoms with Crippen LogP contribution in [0.5, 0.6) is 0 Å². The Balaban J connectivity index is 1.44. The lowest BCUT2D eigenvalue weighted by Crippen LogP contribution is -2.62. The predicted molar refractivity (Wildman–Crippen MR) is 100 cm³/mol. The minimum Gasteiger partial charge on any atom is -0.339 e. The number of likely N-dealkylation sites (N-methyl/N-ethyl adjacent to an activating group) is 1. The Morgan fingerprint density at radius 2 is 2.04 bits per heavy atom. The molecular weight excluding hydrogens is 328 g/mol. The molecule has 2 fully saturated rings. The number of aryl methyl sites for hydroxylation is 2. The van der Waals surface area contributed by atoms with Crippen LogP contribution in [-0.2, 0) is 16.1 Å². The molecule has 26 heavy (non-hydrogen) atoms. The summed E-state index contributed by atoms with van der Waals surface area (Å²) in [5.41, 5.74) is 1.10. The Labute approximate surface area is 156 Å². The molecule has 2 heterocycles. The monoisotopic (exact) mass is 360 g/mol. The number of nitrogens with zero attached hydrogens (tertiary/aromatic N) is 4. The van der Waals surface area contributed by atoms with Gasteiger partial charge in [-0.2, -0.15) is 5.10 Å². The first-order valence-corrected chi connectivity index (χ1v) is 9.90. The zero-order chi connectivity index (χ0) is 18.8. The van der Waals surface area contributed by atoms with Crippen molar-refractivity contribution in [1.82, 2.24) is 19.6 Å². The molecule has 2 amide bonds. The third-order valence-corrected chi connectivity index (χ3v) is 6.17. The molecule has 2 atom stereocenters. The number of carbonyl (C=O) groups excluding carboxylic acids is 2. The molecule has 0 N–H and O–H groups in total. The highest BCUT2D eigenvalue weighted by Crippen LogP contribution is 2.38. The molecule has 1 aliphatic heterocycles. The summed E-state index contributed by atoms with van der Waals surface area (Å²) in [7, 11) is 1.91. The summed E-state index contributed by atoms with van der Waals surface area (Å²) in [6, 6.07) is 0.173. The third-order valence-electron chi connectivity index (χ3n) is 6.17. The van der Waals surface area contributed by atoms with E-state index in [1.165, 1.54) is 6.42 Å². The predicted octanol–water partition coefficient (Wildman–Crippen LogP) is 2.32. The molecule has 1 aliphatic carbocycles. The zero-order valence-electron chi connectivity index (χ0n) is 16.5. The van der Waals surface area contributed by atoms with Gasteiger partial charge >= 0.3 is 0 Å². The minimum absolute atomic E-state index is 0.149. The summed E-state index contributed by atoms with van der Waals surface area (Å²) in [5.74, 6) is 1.68. The van der Waals surface area contributed by atoms with Gasteiger partial charge in [0.05, 0.1) is 12.2 Å². The van der Waals surface area contributed by atoms with Gasteiger partial charge in [-0.15, -0.1) is 0 Å². The minimum atomic E-state index is 0.149. The smallest absolute Gasteiger partial charge is 0.226 e. The van der Waals surface area contributed by atoms with Gasteiger partial charge in [-0.25, -0.2) is 0 Å². The normalized spacial score (nSPS) is 23.3. The Kier molecular flexibility index (Phi) is 5.68. The summed E-state index contributed by atoms with van der Waals surface area (Å²) in [6.45, 7) is 8.38. The number of carbonyl (C=O) groups is 2. The topological polar surface area (TPSA) is 58.4 Å². The van der Waals surface area contributed by atoms with Gasteiger partial charge in [0.25, 0.3) is 0 Å². The molecule has 0 bridgehead atoms. The number of hydrogen-bond acceptors (Lipinski definition) is 3. The van der Waals surface area contributed by atoms with Gasteiger partial charge in [0.1, 0.15) is 0 Å². The fourth-order valence-electron chi connectivity index (χ4n) is 4.40. The van der Waals surface area contributed by atoms with Crippen LogP contribution in [0.25, 0.3) is 0 Å². The van der Waals surface area contributed by atoms with Crippen molar-refractivity contribution < 1.29 is 9.59 Å². The zero-order valence-corrected chi connectivity index (χ0v) is 16.5. The molecule has 1 aromatic heterocycles. The summed E-state index contributed by atoms with van der Waals surface area (Å²) in [6.07, 6.45) is 7.57. The molecule has 2 aliphatic rings. The molecule has 3 rings (SSSR count). The lowest BCUT2D eigenvalue weighted by atomic mass is 9.85. The quantitative estimate of drug-likeness (QED) is 0.782. The number of likely N-dealkylation sites (tertiary alicyclic amines) is 1. The van der Waals surface area contributed by atoms with Crippen LogP contribution in [0.3, 0.4) is 0 Å². The summed E-state index contributed by atoms with van der Waals surface area (Å²) >= 11 is 0. The highest BCUT2D eigenvalue weighted by molar-refractivity contribution is 5.81. The van der Waals surface area contributed by atoms with E-state index in [0.717, 1.165) is 18.4 Å². The fraction of sp³-hybridized carbons (Fsp3) is 0.750. The largest absolute Gasteiger partial charge is 0.339 e. The van der Waals surface area contributed by atoms with Crippen LogP contribution in [0, 0.1) is 24.7 Å². The average Bonchev–Trinajstić information content (AvgIpc) is 3.19. The van der Waals surface area contributed by atoms with Crippen molar-refractivity contribution in [2.75, 3.05) is 20.1 Å². The van der Waals surface area contributed by atoms with E-state index >= 15 is 0 Å². The van der Waals surface area contributed by atoms with Crippen LogP contribution in [0.15, 0.2) is 12.4 Å². The Hall–Kier alpha value is -1.85. The Bertz CT molecular complexity index is 648. The van der Waals surface area contributed by atoms with E-state index in [4.69, 9.17) is 0 Å². The standard InChI is InChI=1S/C20H32N4O2/c1-14(2)17-6-5-7-18(17)20(26)22(4)16-12-23(13-16)19(25)8-9-24-11-15(3)10-21-24/h10-11,14,16-18H,5-9,12-13H2,1-4H3/t17-,18+/m0/s1. The first-order chi connectivity index (χ1) is 12.4. The molecule has 1 aromatic rings. The van der Waals surface area contributed by atoms with Gasteiger partial charge in [-0.05, 0) is 37.2 Å². The first-order valence-electron chi connectivity index (χ1n) is 9.90. The summed E-state index contributed by atoms with van der Waals surface area (Å²) < 4.78 is 1.81. The van der Waals surface area contributed by atoms with E-state index in [1.807, 2.05) is 34.6 Å². The number of aromatic nitrogens is 2. The van der Waals surface area contributed by atoms with E-state index in [9.17, 15) is 9.59 Å². The highest BCUT2D eigenvalue weighted by Gasteiger charge is 2.41. The van der Waals surface area contributed by atoms with Gasteiger partial charge < -0.3 is 9.80 Å². The van der Waals surface area contributed by atoms with Crippen LogP contribution >= 0.6 is 0 Å². The van der Waals surface area contributed by atoms with Crippen molar-refractivity contribution in [2.24, 2.45) is 17.8 Å². The molecule has 0 radical (unpaired) electrons. The molecule has 0 aromatic carbocycles. The number of rotatable bonds is 6. The van der Waals surface area contributed by atoms with Crippen molar-refractivity contribution in [1.29, 1.82) is 0 Å². The van der Waals surface area contributed by atoms with Crippen molar-refractivity contribution in [3.8, 4) is 0 Å².